The van der Waals surface area contributed by atoms with Crippen LogP contribution in [0.4, 0.5) is 0 Å². The van der Waals surface area contributed by atoms with Crippen LogP contribution in [0.2, 0.25) is 5.02 Å². The van der Waals surface area contributed by atoms with E-state index in [9.17, 15) is 15.0 Å². The molecule has 0 heterocycles. The summed E-state index contributed by atoms with van der Waals surface area (Å²) in [5, 5.41) is 19.0. The Morgan fingerprint density at radius 3 is 2.53 bits per heavy atom. The third-order valence-electron chi connectivity index (χ3n) is 3.08. The molecule has 1 aliphatic rings. The van der Waals surface area contributed by atoms with Gasteiger partial charge in [0.1, 0.15) is 5.75 Å². The van der Waals surface area contributed by atoms with Crippen LogP contribution in [-0.4, -0.2) is 16.2 Å². The van der Waals surface area contributed by atoms with Gasteiger partial charge >= 0.3 is 5.97 Å². The van der Waals surface area contributed by atoms with Crippen LogP contribution in [0.5, 0.6) is 5.75 Å². The summed E-state index contributed by atoms with van der Waals surface area (Å²) in [6, 6.07) is 4.45. The van der Waals surface area contributed by atoms with Crippen molar-refractivity contribution < 1.29 is 15.0 Å². The van der Waals surface area contributed by atoms with Crippen LogP contribution in [-0.2, 0) is 10.2 Å². The summed E-state index contributed by atoms with van der Waals surface area (Å²) in [6.07, 6.45) is 2.06. The van der Waals surface area contributed by atoms with Crippen LogP contribution in [0.25, 0.3) is 0 Å². The molecule has 0 bridgehead atoms. The van der Waals surface area contributed by atoms with Gasteiger partial charge in [0.2, 0.25) is 0 Å². The molecule has 0 spiro atoms. The van der Waals surface area contributed by atoms with Crippen LogP contribution < -0.4 is 0 Å². The third kappa shape index (κ3) is 1.47. The molecule has 0 aromatic heterocycles. The van der Waals surface area contributed by atoms with Gasteiger partial charge in [0.25, 0.3) is 0 Å². The van der Waals surface area contributed by atoms with E-state index in [0.29, 0.717) is 23.4 Å². The van der Waals surface area contributed by atoms with Crippen LogP contribution in [0.1, 0.15) is 24.8 Å². The monoisotopic (exact) mass is 226 g/mol. The minimum atomic E-state index is -0.879. The van der Waals surface area contributed by atoms with Gasteiger partial charge in [0.15, 0.2) is 0 Å². The standard InChI is InChI=1S/C11H11ClO3/c12-9-3-2-7(13)6-8(9)11(10(14)15)4-1-5-11/h2-3,6,13H,1,4-5H2,(H,14,15). The van der Waals surface area contributed by atoms with E-state index in [4.69, 9.17) is 11.6 Å². The second kappa shape index (κ2) is 3.42. The summed E-state index contributed by atoms with van der Waals surface area (Å²) in [6.45, 7) is 0. The predicted octanol–water partition coefficient (Wildman–Crippen LogP) is 2.55. The Morgan fingerprint density at radius 1 is 1.40 bits per heavy atom. The summed E-state index contributed by atoms with van der Waals surface area (Å²) in [5.74, 6) is -0.803. The Bertz CT molecular complexity index is 410. The zero-order valence-corrected chi connectivity index (χ0v) is 8.79. The first-order valence-corrected chi connectivity index (χ1v) is 5.16. The minimum absolute atomic E-state index is 0.0573. The highest BCUT2D eigenvalue weighted by molar-refractivity contribution is 6.31. The van der Waals surface area contributed by atoms with Crippen molar-refractivity contribution in [2.24, 2.45) is 0 Å². The molecule has 3 nitrogen and oxygen atoms in total. The Labute approximate surface area is 92.3 Å². The summed E-state index contributed by atoms with van der Waals surface area (Å²) < 4.78 is 0. The largest absolute Gasteiger partial charge is 0.508 e. The van der Waals surface area contributed by atoms with E-state index in [0.717, 1.165) is 6.42 Å². The van der Waals surface area contributed by atoms with Gasteiger partial charge in [-0.15, -0.1) is 0 Å². The number of carboxylic acid groups (broad SMARTS) is 1. The van der Waals surface area contributed by atoms with Crippen molar-refractivity contribution in [2.45, 2.75) is 24.7 Å². The van der Waals surface area contributed by atoms with E-state index in [1.165, 1.54) is 18.2 Å². The van der Waals surface area contributed by atoms with E-state index in [2.05, 4.69) is 0 Å². The number of hydrogen-bond donors (Lipinski definition) is 2. The number of phenols is 1. The van der Waals surface area contributed by atoms with Crippen molar-refractivity contribution in [1.82, 2.24) is 0 Å². The van der Waals surface area contributed by atoms with Crippen molar-refractivity contribution in [3.63, 3.8) is 0 Å². The average Bonchev–Trinajstić information content (AvgIpc) is 2.08. The fourth-order valence-corrected chi connectivity index (χ4v) is 2.31. The molecule has 0 saturated heterocycles. The normalized spacial score (nSPS) is 18.2. The van der Waals surface area contributed by atoms with Gasteiger partial charge in [-0.1, -0.05) is 18.0 Å². The maximum absolute atomic E-state index is 11.2. The van der Waals surface area contributed by atoms with Crippen LogP contribution >= 0.6 is 11.6 Å². The molecule has 0 aliphatic heterocycles. The number of hydrogen-bond acceptors (Lipinski definition) is 2. The highest BCUT2D eigenvalue weighted by Crippen LogP contribution is 2.47. The van der Waals surface area contributed by atoms with E-state index >= 15 is 0 Å². The van der Waals surface area contributed by atoms with Crippen LogP contribution in [0.15, 0.2) is 18.2 Å². The first-order chi connectivity index (χ1) is 7.06. The third-order valence-corrected chi connectivity index (χ3v) is 3.41. The zero-order chi connectivity index (χ0) is 11.1. The number of halogens is 1. The molecule has 15 heavy (non-hydrogen) atoms. The molecule has 1 saturated carbocycles. The fourth-order valence-electron chi connectivity index (χ4n) is 2.01. The Balaban J connectivity index is 2.51. The van der Waals surface area contributed by atoms with Crippen molar-refractivity contribution in [3.8, 4) is 5.75 Å². The van der Waals surface area contributed by atoms with E-state index in [-0.39, 0.29) is 5.75 Å². The lowest BCUT2D eigenvalue weighted by atomic mass is 9.64. The number of carboxylic acids is 1. The predicted molar refractivity (Wildman–Crippen MR) is 56.3 cm³/mol. The minimum Gasteiger partial charge on any atom is -0.508 e. The SMILES string of the molecule is O=C(O)C1(c2cc(O)ccc2Cl)CCC1. The van der Waals surface area contributed by atoms with Gasteiger partial charge < -0.3 is 10.2 Å². The maximum Gasteiger partial charge on any atom is 0.314 e. The molecule has 0 atom stereocenters. The molecule has 1 aliphatic carbocycles. The van der Waals surface area contributed by atoms with Gasteiger partial charge in [0, 0.05) is 5.02 Å². The lowest BCUT2D eigenvalue weighted by Crippen LogP contribution is -2.42. The fraction of sp³-hybridized carbons (Fsp3) is 0.364. The average molecular weight is 227 g/mol. The van der Waals surface area contributed by atoms with Crippen molar-refractivity contribution in [3.05, 3.63) is 28.8 Å². The quantitative estimate of drug-likeness (QED) is 0.815. The molecule has 0 radical (unpaired) electrons. The Kier molecular flexibility index (Phi) is 2.35. The molecule has 1 aromatic rings. The lowest BCUT2D eigenvalue weighted by Gasteiger charge is -2.38. The molecule has 4 heteroatoms. The summed E-state index contributed by atoms with van der Waals surface area (Å²) >= 11 is 5.96. The molecule has 1 aromatic carbocycles. The molecule has 80 valence electrons. The van der Waals surface area contributed by atoms with Gasteiger partial charge in [-0.05, 0) is 36.6 Å². The summed E-state index contributed by atoms with van der Waals surface area (Å²) in [7, 11) is 0. The maximum atomic E-state index is 11.2. The first kappa shape index (κ1) is 10.3. The molecule has 2 N–H and O–H groups in total. The molecular weight excluding hydrogens is 216 g/mol. The number of benzene rings is 1. The van der Waals surface area contributed by atoms with Crippen LogP contribution in [0.3, 0.4) is 0 Å². The second-order valence-electron chi connectivity index (χ2n) is 3.90. The van der Waals surface area contributed by atoms with E-state index < -0.39 is 11.4 Å². The van der Waals surface area contributed by atoms with E-state index in [1.807, 2.05) is 0 Å². The number of carbonyl (C=O) groups is 1. The Hall–Kier alpha value is -1.22. The molecular formula is C11H11ClO3. The Morgan fingerprint density at radius 2 is 2.07 bits per heavy atom. The molecule has 0 unspecified atom stereocenters. The number of aromatic hydroxyl groups is 1. The van der Waals surface area contributed by atoms with Gasteiger partial charge in [-0.25, -0.2) is 0 Å². The lowest BCUT2D eigenvalue weighted by molar-refractivity contribution is -0.147. The zero-order valence-electron chi connectivity index (χ0n) is 8.03. The molecule has 0 amide bonds. The van der Waals surface area contributed by atoms with Crippen molar-refractivity contribution in [2.75, 3.05) is 0 Å². The van der Waals surface area contributed by atoms with Gasteiger partial charge in [-0.3, -0.25) is 4.79 Å². The van der Waals surface area contributed by atoms with Crippen LogP contribution in [0, 0.1) is 0 Å². The summed E-state index contributed by atoms with van der Waals surface area (Å²) in [5.41, 5.74) is -0.349. The van der Waals surface area contributed by atoms with Crippen molar-refractivity contribution >= 4 is 17.6 Å². The van der Waals surface area contributed by atoms with Crippen molar-refractivity contribution in [1.29, 1.82) is 0 Å². The number of rotatable bonds is 2. The highest BCUT2D eigenvalue weighted by Gasteiger charge is 2.47. The van der Waals surface area contributed by atoms with E-state index in [1.54, 1.807) is 0 Å². The number of phenolic OH excluding ortho intramolecular Hbond substituents is 1. The number of aliphatic carboxylic acids is 1. The summed E-state index contributed by atoms with van der Waals surface area (Å²) in [4.78, 5) is 11.2. The first-order valence-electron chi connectivity index (χ1n) is 4.79. The molecule has 2 rings (SSSR count). The highest BCUT2D eigenvalue weighted by atomic mass is 35.5. The molecule has 1 fully saturated rings. The smallest absolute Gasteiger partial charge is 0.314 e. The van der Waals surface area contributed by atoms with Gasteiger partial charge in [-0.2, -0.15) is 0 Å². The second-order valence-corrected chi connectivity index (χ2v) is 4.31. The van der Waals surface area contributed by atoms with Gasteiger partial charge in [0.05, 0.1) is 5.41 Å². The topological polar surface area (TPSA) is 57.5 Å².